The normalized spacial score (nSPS) is 17.7. The van der Waals surface area contributed by atoms with Gasteiger partial charge in [0, 0.05) is 22.2 Å². The second kappa shape index (κ2) is 7.98. The van der Waals surface area contributed by atoms with E-state index in [2.05, 4.69) is 39.7 Å². The van der Waals surface area contributed by atoms with E-state index in [1.54, 1.807) is 0 Å². The Morgan fingerprint density at radius 3 is 2.55 bits per heavy atom. The second-order valence-electron chi connectivity index (χ2n) is 5.68. The molecule has 0 spiro atoms. The average Bonchev–Trinajstić information content (AvgIpc) is 2.46. The highest BCUT2D eigenvalue weighted by Crippen LogP contribution is 2.11. The zero-order valence-corrected chi connectivity index (χ0v) is 14.2. The summed E-state index contributed by atoms with van der Waals surface area (Å²) in [5.41, 5.74) is 0.746. The van der Waals surface area contributed by atoms with Crippen molar-refractivity contribution < 1.29 is 4.79 Å². The molecule has 1 N–H and O–H groups in total. The molecule has 4 heteroatoms. The van der Waals surface area contributed by atoms with Crippen LogP contribution >= 0.6 is 22.6 Å². The van der Waals surface area contributed by atoms with Gasteiger partial charge >= 0.3 is 0 Å². The van der Waals surface area contributed by atoms with E-state index < -0.39 is 0 Å². The minimum Gasteiger partial charge on any atom is -0.352 e. The van der Waals surface area contributed by atoms with Crippen molar-refractivity contribution in [1.29, 1.82) is 0 Å². The number of benzene rings is 1. The molecule has 0 aromatic heterocycles. The van der Waals surface area contributed by atoms with Crippen molar-refractivity contribution in [3.05, 3.63) is 33.4 Å². The fourth-order valence-corrected chi connectivity index (χ4v) is 2.98. The molecule has 1 saturated heterocycles. The summed E-state index contributed by atoms with van der Waals surface area (Å²) in [6, 6.07) is 7.69. The molecule has 0 aliphatic carbocycles. The SMILES string of the molecule is CC(CNC(=O)c1ccc(I)cc1)CN1CCCCC1. The number of nitrogens with one attached hydrogen (secondary N) is 1. The van der Waals surface area contributed by atoms with Crippen LogP contribution in [0.2, 0.25) is 0 Å². The standard InChI is InChI=1S/C16H23IN2O/c1-13(12-19-9-3-2-4-10-19)11-18-16(20)14-5-7-15(17)8-6-14/h5-8,13H,2-4,9-12H2,1H3,(H,18,20). The Kier molecular flexibility index (Phi) is 6.29. The van der Waals surface area contributed by atoms with E-state index in [0.717, 1.165) is 22.2 Å². The molecule has 1 aromatic rings. The maximum Gasteiger partial charge on any atom is 0.251 e. The van der Waals surface area contributed by atoms with Crippen LogP contribution < -0.4 is 5.32 Å². The number of hydrogen-bond donors (Lipinski definition) is 1. The fraction of sp³-hybridized carbons (Fsp3) is 0.562. The molecular weight excluding hydrogens is 363 g/mol. The van der Waals surface area contributed by atoms with Crippen molar-refractivity contribution in [2.24, 2.45) is 5.92 Å². The number of rotatable bonds is 5. The Hall–Kier alpha value is -0.620. The molecule has 1 amide bonds. The van der Waals surface area contributed by atoms with Gasteiger partial charge in [0.1, 0.15) is 0 Å². The highest BCUT2D eigenvalue weighted by Gasteiger charge is 2.14. The number of piperidine rings is 1. The van der Waals surface area contributed by atoms with Gasteiger partial charge in [0.05, 0.1) is 0 Å². The first-order valence-electron chi connectivity index (χ1n) is 7.41. The van der Waals surface area contributed by atoms with E-state index >= 15 is 0 Å². The molecule has 20 heavy (non-hydrogen) atoms. The minimum atomic E-state index is 0.0342. The lowest BCUT2D eigenvalue weighted by Crippen LogP contribution is -2.38. The van der Waals surface area contributed by atoms with Crippen LogP contribution in [0.4, 0.5) is 0 Å². The molecule has 1 fully saturated rings. The Balaban J connectivity index is 1.73. The molecule has 0 saturated carbocycles. The summed E-state index contributed by atoms with van der Waals surface area (Å²) < 4.78 is 1.15. The maximum absolute atomic E-state index is 12.0. The van der Waals surface area contributed by atoms with Crippen LogP contribution in [0.5, 0.6) is 0 Å². The molecule has 0 bridgehead atoms. The summed E-state index contributed by atoms with van der Waals surface area (Å²) in [5, 5.41) is 3.04. The van der Waals surface area contributed by atoms with E-state index in [-0.39, 0.29) is 5.91 Å². The number of hydrogen-bond acceptors (Lipinski definition) is 2. The maximum atomic E-state index is 12.0. The highest BCUT2D eigenvalue weighted by molar-refractivity contribution is 14.1. The van der Waals surface area contributed by atoms with Crippen LogP contribution in [0.15, 0.2) is 24.3 Å². The third-order valence-electron chi connectivity index (χ3n) is 3.74. The summed E-state index contributed by atoms with van der Waals surface area (Å²) >= 11 is 2.25. The molecule has 1 aliphatic rings. The number of carbonyl (C=O) groups is 1. The minimum absolute atomic E-state index is 0.0342. The van der Waals surface area contributed by atoms with Crippen LogP contribution in [0.1, 0.15) is 36.5 Å². The molecule has 1 aliphatic heterocycles. The molecule has 0 radical (unpaired) electrons. The lowest BCUT2D eigenvalue weighted by Gasteiger charge is -2.29. The number of carbonyl (C=O) groups excluding carboxylic acids is 1. The molecule has 1 heterocycles. The predicted molar refractivity (Wildman–Crippen MR) is 90.9 cm³/mol. The molecule has 1 atom stereocenters. The smallest absolute Gasteiger partial charge is 0.251 e. The monoisotopic (exact) mass is 386 g/mol. The van der Waals surface area contributed by atoms with E-state index in [0.29, 0.717) is 5.92 Å². The van der Waals surface area contributed by atoms with Crippen molar-refractivity contribution in [1.82, 2.24) is 10.2 Å². The lowest BCUT2D eigenvalue weighted by molar-refractivity contribution is 0.0942. The average molecular weight is 386 g/mol. The van der Waals surface area contributed by atoms with Gasteiger partial charge in [0.15, 0.2) is 0 Å². The van der Waals surface area contributed by atoms with Gasteiger partial charge in [-0.05, 0) is 78.7 Å². The van der Waals surface area contributed by atoms with E-state index in [1.807, 2.05) is 24.3 Å². The summed E-state index contributed by atoms with van der Waals surface area (Å²) in [6.07, 6.45) is 4.01. The number of likely N-dealkylation sites (tertiary alicyclic amines) is 1. The van der Waals surface area contributed by atoms with Crippen molar-refractivity contribution in [2.75, 3.05) is 26.2 Å². The number of amides is 1. The Labute approximate surface area is 135 Å². The van der Waals surface area contributed by atoms with Crippen molar-refractivity contribution in [3.63, 3.8) is 0 Å². The zero-order chi connectivity index (χ0) is 14.4. The van der Waals surface area contributed by atoms with Crippen LogP contribution in [-0.4, -0.2) is 37.0 Å². The van der Waals surface area contributed by atoms with Crippen molar-refractivity contribution in [3.8, 4) is 0 Å². The van der Waals surface area contributed by atoms with Gasteiger partial charge in [0.2, 0.25) is 0 Å². The molecule has 1 unspecified atom stereocenters. The number of halogens is 1. The Morgan fingerprint density at radius 2 is 1.90 bits per heavy atom. The molecule has 110 valence electrons. The Bertz CT molecular complexity index is 427. The third-order valence-corrected chi connectivity index (χ3v) is 4.46. The highest BCUT2D eigenvalue weighted by atomic mass is 127. The first-order valence-corrected chi connectivity index (χ1v) is 8.49. The quantitative estimate of drug-likeness (QED) is 0.789. The molecule has 2 rings (SSSR count). The van der Waals surface area contributed by atoms with Crippen LogP contribution in [-0.2, 0) is 0 Å². The summed E-state index contributed by atoms with van der Waals surface area (Å²) in [7, 11) is 0. The zero-order valence-electron chi connectivity index (χ0n) is 12.1. The topological polar surface area (TPSA) is 32.3 Å². The molecule has 1 aromatic carbocycles. The van der Waals surface area contributed by atoms with Crippen LogP contribution in [0.25, 0.3) is 0 Å². The number of nitrogens with zero attached hydrogens (tertiary/aromatic N) is 1. The molecular formula is C16H23IN2O. The van der Waals surface area contributed by atoms with Gasteiger partial charge in [-0.1, -0.05) is 13.3 Å². The fourth-order valence-electron chi connectivity index (χ4n) is 2.62. The van der Waals surface area contributed by atoms with Gasteiger partial charge in [0.25, 0.3) is 5.91 Å². The lowest BCUT2D eigenvalue weighted by atomic mass is 10.1. The first kappa shape index (κ1) is 15.8. The summed E-state index contributed by atoms with van der Waals surface area (Å²) in [5.74, 6) is 0.535. The first-order chi connectivity index (χ1) is 9.65. The van der Waals surface area contributed by atoms with Gasteiger partial charge in [-0.15, -0.1) is 0 Å². The largest absolute Gasteiger partial charge is 0.352 e. The predicted octanol–water partition coefficient (Wildman–Crippen LogP) is 3.14. The van der Waals surface area contributed by atoms with E-state index in [9.17, 15) is 4.79 Å². The third kappa shape index (κ3) is 5.05. The summed E-state index contributed by atoms with van der Waals surface area (Å²) in [6.45, 7) is 6.49. The Morgan fingerprint density at radius 1 is 1.25 bits per heavy atom. The van der Waals surface area contributed by atoms with Gasteiger partial charge in [-0.2, -0.15) is 0 Å². The van der Waals surface area contributed by atoms with Crippen LogP contribution in [0, 0.1) is 9.49 Å². The van der Waals surface area contributed by atoms with E-state index in [1.165, 1.54) is 32.4 Å². The van der Waals surface area contributed by atoms with Crippen LogP contribution in [0.3, 0.4) is 0 Å². The van der Waals surface area contributed by atoms with Crippen molar-refractivity contribution >= 4 is 28.5 Å². The second-order valence-corrected chi connectivity index (χ2v) is 6.93. The van der Waals surface area contributed by atoms with Gasteiger partial charge in [-0.25, -0.2) is 0 Å². The van der Waals surface area contributed by atoms with Crippen molar-refractivity contribution in [2.45, 2.75) is 26.2 Å². The van der Waals surface area contributed by atoms with E-state index in [4.69, 9.17) is 0 Å². The molecule has 3 nitrogen and oxygen atoms in total. The van der Waals surface area contributed by atoms with Gasteiger partial charge in [-0.3, -0.25) is 4.79 Å². The summed E-state index contributed by atoms with van der Waals surface area (Å²) in [4.78, 5) is 14.5. The van der Waals surface area contributed by atoms with Gasteiger partial charge < -0.3 is 10.2 Å².